The number of carbonyl (C=O) groups is 2. The summed E-state index contributed by atoms with van der Waals surface area (Å²) in [6, 6.07) is 9.67. The third-order valence-corrected chi connectivity index (χ3v) is 5.45. The number of rotatable bonds is 7. The Morgan fingerprint density at radius 2 is 2.04 bits per heavy atom. The van der Waals surface area contributed by atoms with Crippen LogP contribution < -0.4 is 0 Å². The van der Waals surface area contributed by atoms with Crippen LogP contribution in [0.5, 0.6) is 0 Å². The van der Waals surface area contributed by atoms with Gasteiger partial charge in [-0.1, -0.05) is 49.8 Å². The van der Waals surface area contributed by atoms with Crippen LogP contribution in [0, 0.1) is 11.8 Å². The smallest absolute Gasteiger partial charge is 0.323 e. The van der Waals surface area contributed by atoms with E-state index in [4.69, 9.17) is 4.74 Å². The van der Waals surface area contributed by atoms with Crippen molar-refractivity contribution in [1.82, 2.24) is 4.90 Å². The fourth-order valence-corrected chi connectivity index (χ4v) is 4.05. The van der Waals surface area contributed by atoms with E-state index < -0.39 is 0 Å². The Morgan fingerprint density at radius 1 is 1.28 bits per heavy atom. The van der Waals surface area contributed by atoms with E-state index >= 15 is 0 Å². The number of methoxy groups -OCH3 is 1. The number of allylic oxidation sites excluding steroid dienone is 1. The number of benzene rings is 1. The number of carbonyl (C=O) groups excluding carboxylic acids is 2. The summed E-state index contributed by atoms with van der Waals surface area (Å²) in [5.74, 6) is 0.354. The highest BCUT2D eigenvalue weighted by Crippen LogP contribution is 2.37. The van der Waals surface area contributed by atoms with Gasteiger partial charge in [-0.05, 0) is 30.4 Å². The Labute approximate surface area is 149 Å². The highest BCUT2D eigenvalue weighted by atomic mass is 16.5. The Kier molecular flexibility index (Phi) is 5.69. The van der Waals surface area contributed by atoms with E-state index in [1.807, 2.05) is 30.3 Å². The Bertz CT molecular complexity index is 652. The van der Waals surface area contributed by atoms with E-state index in [1.54, 1.807) is 0 Å². The van der Waals surface area contributed by atoms with Gasteiger partial charge in [0.25, 0.3) is 0 Å². The molecule has 1 fully saturated rings. The third-order valence-electron chi connectivity index (χ3n) is 5.45. The van der Waals surface area contributed by atoms with E-state index in [1.165, 1.54) is 7.11 Å². The van der Waals surface area contributed by atoms with Crippen molar-refractivity contribution in [2.75, 3.05) is 20.2 Å². The second-order valence-electron chi connectivity index (χ2n) is 7.11. The molecular weight excluding hydrogens is 314 g/mol. The van der Waals surface area contributed by atoms with Crippen molar-refractivity contribution in [2.45, 2.75) is 38.6 Å². The molecule has 1 aromatic carbocycles. The Balaban J connectivity index is 1.71. The average Bonchev–Trinajstić information content (AvgIpc) is 3.17. The van der Waals surface area contributed by atoms with Gasteiger partial charge in [-0.2, -0.15) is 0 Å². The molecule has 0 spiro atoms. The largest absolute Gasteiger partial charge is 0.468 e. The maximum atomic E-state index is 12.6. The maximum Gasteiger partial charge on any atom is 0.323 e. The summed E-state index contributed by atoms with van der Waals surface area (Å²) < 4.78 is 5.04. The molecule has 25 heavy (non-hydrogen) atoms. The summed E-state index contributed by atoms with van der Waals surface area (Å²) in [4.78, 5) is 27.1. The Hall–Kier alpha value is -1.94. The average molecular weight is 341 g/mol. The number of Topliss-reactive ketones (excluding diaryl/α,β-unsaturated/α-hetero) is 1. The summed E-state index contributed by atoms with van der Waals surface area (Å²) in [5.41, 5.74) is 2.12. The molecule has 4 heteroatoms. The van der Waals surface area contributed by atoms with Crippen LogP contribution in [0.25, 0.3) is 0 Å². The second kappa shape index (κ2) is 7.96. The summed E-state index contributed by atoms with van der Waals surface area (Å²) in [7, 11) is 1.44. The van der Waals surface area contributed by atoms with Crippen molar-refractivity contribution in [3.63, 3.8) is 0 Å². The van der Waals surface area contributed by atoms with Gasteiger partial charge in [-0.25, -0.2) is 0 Å². The molecule has 1 heterocycles. The van der Waals surface area contributed by atoms with Crippen LogP contribution in [-0.2, 0) is 20.7 Å². The molecule has 0 N–H and O–H groups in total. The molecule has 0 radical (unpaired) electrons. The fourth-order valence-electron chi connectivity index (χ4n) is 4.05. The van der Waals surface area contributed by atoms with Crippen molar-refractivity contribution >= 4 is 11.8 Å². The number of ether oxygens (including phenoxy) is 1. The van der Waals surface area contributed by atoms with Crippen LogP contribution >= 0.6 is 0 Å². The number of hydrogen-bond donors (Lipinski definition) is 0. The number of nitrogens with zero attached hydrogens (tertiary/aromatic N) is 1. The molecule has 1 aliphatic heterocycles. The van der Waals surface area contributed by atoms with Crippen LogP contribution in [-0.4, -0.2) is 42.9 Å². The van der Waals surface area contributed by atoms with Crippen LogP contribution in [0.2, 0.25) is 0 Å². The van der Waals surface area contributed by atoms with Gasteiger partial charge in [0, 0.05) is 24.9 Å². The molecule has 3 atom stereocenters. The number of ketones is 1. The van der Waals surface area contributed by atoms with E-state index in [0.29, 0.717) is 18.7 Å². The van der Waals surface area contributed by atoms with Gasteiger partial charge in [0.1, 0.15) is 6.04 Å². The van der Waals surface area contributed by atoms with Crippen LogP contribution in [0.1, 0.15) is 31.7 Å². The molecule has 0 amide bonds. The monoisotopic (exact) mass is 341 g/mol. The lowest BCUT2D eigenvalue weighted by atomic mass is 9.97. The first-order chi connectivity index (χ1) is 12.1. The van der Waals surface area contributed by atoms with Gasteiger partial charge in [0.05, 0.1) is 7.11 Å². The molecule has 2 aliphatic rings. The zero-order valence-electron chi connectivity index (χ0n) is 15.1. The molecule has 1 aromatic rings. The third kappa shape index (κ3) is 3.84. The predicted molar refractivity (Wildman–Crippen MR) is 97.1 cm³/mol. The minimum atomic E-state index is -0.321. The highest BCUT2D eigenvalue weighted by molar-refractivity contribution is 6.00. The van der Waals surface area contributed by atoms with Crippen LogP contribution in [0.4, 0.5) is 0 Å². The first kappa shape index (κ1) is 17.9. The minimum absolute atomic E-state index is 0.0229. The number of fused-ring (bicyclic) bond motifs is 1. The summed E-state index contributed by atoms with van der Waals surface area (Å²) in [6.45, 7) is 3.56. The predicted octanol–water partition coefficient (Wildman–Crippen LogP) is 3.02. The molecule has 0 bridgehead atoms. The first-order valence-corrected chi connectivity index (χ1v) is 9.24. The van der Waals surface area contributed by atoms with Gasteiger partial charge in [0.2, 0.25) is 0 Å². The van der Waals surface area contributed by atoms with Crippen LogP contribution in [0.15, 0.2) is 42.0 Å². The quantitative estimate of drug-likeness (QED) is 0.715. The molecule has 4 nitrogen and oxygen atoms in total. The number of unbranched alkanes of at least 4 members (excludes halogenated alkanes) is 1. The number of likely N-dealkylation sites (tertiary alicyclic amines) is 1. The molecule has 134 valence electrons. The molecule has 0 unspecified atom stereocenters. The SMILES string of the molecule is CCCCC1=C[C@H]2CN([C@@H](Cc3ccccc3)C(=O)OC)C[C@H]2C1=O. The highest BCUT2D eigenvalue weighted by Gasteiger charge is 2.45. The van der Waals surface area contributed by atoms with Gasteiger partial charge in [0.15, 0.2) is 5.78 Å². The van der Waals surface area contributed by atoms with Gasteiger partial charge in [-0.15, -0.1) is 0 Å². The Morgan fingerprint density at radius 3 is 2.68 bits per heavy atom. The zero-order valence-corrected chi connectivity index (χ0v) is 15.1. The minimum Gasteiger partial charge on any atom is -0.468 e. The van der Waals surface area contributed by atoms with Crippen molar-refractivity contribution in [2.24, 2.45) is 11.8 Å². The van der Waals surface area contributed by atoms with Crippen molar-refractivity contribution < 1.29 is 14.3 Å². The fraction of sp³-hybridized carbons (Fsp3) is 0.524. The van der Waals surface area contributed by atoms with Gasteiger partial charge < -0.3 is 4.74 Å². The molecular formula is C21H27NO3. The molecule has 0 aromatic heterocycles. The van der Waals surface area contributed by atoms with Gasteiger partial charge >= 0.3 is 5.97 Å². The lowest BCUT2D eigenvalue weighted by Crippen LogP contribution is -2.42. The molecule has 1 saturated heterocycles. The topological polar surface area (TPSA) is 46.6 Å². The van der Waals surface area contributed by atoms with E-state index in [0.717, 1.165) is 36.9 Å². The van der Waals surface area contributed by atoms with Crippen molar-refractivity contribution in [3.05, 3.63) is 47.5 Å². The molecule has 3 rings (SSSR count). The lowest BCUT2D eigenvalue weighted by Gasteiger charge is -2.26. The maximum absolute atomic E-state index is 12.6. The van der Waals surface area contributed by atoms with E-state index in [2.05, 4.69) is 17.9 Å². The summed E-state index contributed by atoms with van der Waals surface area (Å²) in [6.07, 6.45) is 5.85. The van der Waals surface area contributed by atoms with Crippen molar-refractivity contribution in [1.29, 1.82) is 0 Å². The van der Waals surface area contributed by atoms with Crippen molar-refractivity contribution in [3.8, 4) is 0 Å². The van der Waals surface area contributed by atoms with Crippen LogP contribution in [0.3, 0.4) is 0 Å². The summed E-state index contributed by atoms with van der Waals surface area (Å²) >= 11 is 0. The van der Waals surface area contributed by atoms with E-state index in [9.17, 15) is 9.59 Å². The molecule has 1 aliphatic carbocycles. The van der Waals surface area contributed by atoms with E-state index in [-0.39, 0.29) is 23.8 Å². The number of hydrogen-bond acceptors (Lipinski definition) is 4. The lowest BCUT2D eigenvalue weighted by molar-refractivity contribution is -0.146. The second-order valence-corrected chi connectivity index (χ2v) is 7.11. The normalized spacial score (nSPS) is 24.1. The van der Waals surface area contributed by atoms with Gasteiger partial charge in [-0.3, -0.25) is 14.5 Å². The first-order valence-electron chi connectivity index (χ1n) is 9.24. The number of esters is 1. The summed E-state index contributed by atoms with van der Waals surface area (Å²) in [5, 5.41) is 0. The standard InChI is InChI=1S/C21H27NO3/c1-3-4-10-16-12-17-13-22(14-18(17)20(16)23)19(21(24)25-2)11-15-8-6-5-7-9-15/h5-9,12,17-19H,3-4,10-11,13-14H2,1-2H3/t17-,18+,19-/m0/s1. The zero-order chi connectivity index (χ0) is 17.8. The molecule has 0 saturated carbocycles.